The number of thioether (sulfide) groups is 1. The molecule has 1 saturated heterocycles. The summed E-state index contributed by atoms with van der Waals surface area (Å²) in [6.45, 7) is 0. The van der Waals surface area contributed by atoms with Gasteiger partial charge in [-0.15, -0.1) is 0 Å². The maximum Gasteiger partial charge on any atom is 0.282 e. The third-order valence-corrected chi connectivity index (χ3v) is 4.44. The van der Waals surface area contributed by atoms with Crippen LogP contribution in [0.3, 0.4) is 0 Å². The summed E-state index contributed by atoms with van der Waals surface area (Å²) >= 11 is 1.80. The van der Waals surface area contributed by atoms with Crippen LogP contribution < -0.4 is 10.6 Å². The third kappa shape index (κ3) is 3.41. The Kier molecular flexibility index (Phi) is 4.84. The van der Waals surface area contributed by atoms with Crippen molar-refractivity contribution >= 4 is 29.0 Å². The summed E-state index contributed by atoms with van der Waals surface area (Å²) in [7, 11) is 1.71. The average molecular weight is 295 g/mol. The van der Waals surface area contributed by atoms with E-state index in [-0.39, 0.29) is 23.2 Å². The lowest BCUT2D eigenvalue weighted by Crippen LogP contribution is -2.38. The van der Waals surface area contributed by atoms with Crippen LogP contribution in [0, 0.1) is 10.1 Å². The number of carbonyl (C=O) groups is 1. The Bertz CT molecular complexity index is 516. The van der Waals surface area contributed by atoms with Gasteiger partial charge in [0.25, 0.3) is 11.6 Å². The summed E-state index contributed by atoms with van der Waals surface area (Å²) in [5, 5.41) is 16.8. The lowest BCUT2D eigenvalue weighted by molar-refractivity contribution is -0.385. The first-order chi connectivity index (χ1) is 9.61. The van der Waals surface area contributed by atoms with E-state index in [4.69, 9.17) is 0 Å². The number of nitro groups is 1. The summed E-state index contributed by atoms with van der Waals surface area (Å²) in [6, 6.07) is 4.56. The Morgan fingerprint density at radius 3 is 2.90 bits per heavy atom. The van der Waals surface area contributed by atoms with Crippen molar-refractivity contribution in [1.82, 2.24) is 5.32 Å². The number of benzene rings is 1. The molecule has 1 aromatic rings. The molecule has 0 saturated carbocycles. The van der Waals surface area contributed by atoms with Crippen molar-refractivity contribution in [2.45, 2.75) is 18.9 Å². The molecule has 1 aliphatic rings. The molecule has 6 nitrogen and oxygen atoms in total. The Morgan fingerprint density at radius 2 is 2.30 bits per heavy atom. The van der Waals surface area contributed by atoms with E-state index in [0.29, 0.717) is 5.69 Å². The summed E-state index contributed by atoms with van der Waals surface area (Å²) in [5.74, 6) is 1.61. The number of nitrogens with one attached hydrogen (secondary N) is 2. The molecule has 0 aromatic heterocycles. The topological polar surface area (TPSA) is 84.3 Å². The van der Waals surface area contributed by atoms with Crippen LogP contribution in [-0.2, 0) is 0 Å². The Labute approximate surface area is 121 Å². The molecule has 1 amide bonds. The number of carbonyl (C=O) groups excluding carboxylic acids is 1. The van der Waals surface area contributed by atoms with E-state index in [2.05, 4.69) is 10.6 Å². The number of hydrogen-bond donors (Lipinski definition) is 2. The number of nitrogens with zero attached hydrogens (tertiary/aromatic N) is 1. The second-order valence-corrected chi connectivity index (χ2v) is 5.78. The van der Waals surface area contributed by atoms with Gasteiger partial charge in [-0.05, 0) is 30.7 Å². The lowest BCUT2D eigenvalue weighted by atomic mass is 10.1. The number of amides is 1. The van der Waals surface area contributed by atoms with Crippen molar-refractivity contribution < 1.29 is 9.72 Å². The predicted octanol–water partition coefficient (Wildman–Crippen LogP) is 2.26. The minimum atomic E-state index is -0.524. The molecule has 1 heterocycles. The normalized spacial score (nSPS) is 18.4. The third-order valence-electron chi connectivity index (χ3n) is 3.22. The van der Waals surface area contributed by atoms with Crippen molar-refractivity contribution in [2.24, 2.45) is 0 Å². The molecule has 1 aromatic carbocycles. The molecule has 1 atom stereocenters. The number of rotatable bonds is 4. The van der Waals surface area contributed by atoms with Crippen LogP contribution in [-0.4, -0.2) is 35.4 Å². The first-order valence-electron chi connectivity index (χ1n) is 6.46. The fraction of sp³-hybridized carbons (Fsp3) is 0.462. The highest BCUT2D eigenvalue weighted by Crippen LogP contribution is 2.23. The van der Waals surface area contributed by atoms with Gasteiger partial charge in [-0.2, -0.15) is 11.8 Å². The van der Waals surface area contributed by atoms with Crippen molar-refractivity contribution in [1.29, 1.82) is 0 Å². The maximum absolute atomic E-state index is 12.3. The second-order valence-electron chi connectivity index (χ2n) is 4.63. The minimum Gasteiger partial charge on any atom is -0.388 e. The van der Waals surface area contributed by atoms with Gasteiger partial charge in [0.1, 0.15) is 5.56 Å². The van der Waals surface area contributed by atoms with Gasteiger partial charge in [0, 0.05) is 30.6 Å². The van der Waals surface area contributed by atoms with E-state index >= 15 is 0 Å². The fourth-order valence-electron chi connectivity index (χ4n) is 2.15. The highest BCUT2D eigenvalue weighted by Gasteiger charge is 2.23. The monoisotopic (exact) mass is 295 g/mol. The molecule has 0 aliphatic carbocycles. The number of anilines is 1. The van der Waals surface area contributed by atoms with E-state index in [9.17, 15) is 14.9 Å². The van der Waals surface area contributed by atoms with E-state index < -0.39 is 4.92 Å². The molecule has 108 valence electrons. The van der Waals surface area contributed by atoms with E-state index in [1.54, 1.807) is 24.9 Å². The first kappa shape index (κ1) is 14.6. The van der Waals surface area contributed by atoms with Crippen LogP contribution >= 0.6 is 11.8 Å². The first-order valence-corrected chi connectivity index (χ1v) is 7.62. The van der Waals surface area contributed by atoms with Gasteiger partial charge in [0.2, 0.25) is 0 Å². The lowest BCUT2D eigenvalue weighted by Gasteiger charge is -2.22. The van der Waals surface area contributed by atoms with Crippen LogP contribution in [0.5, 0.6) is 0 Å². The quantitative estimate of drug-likeness (QED) is 0.657. The standard InChI is InChI=1S/C13H17N3O3S/c1-14-9-4-5-12(16(18)19)11(7-9)13(17)15-10-3-2-6-20-8-10/h4-5,7,10,14H,2-3,6,8H2,1H3,(H,15,17). The maximum atomic E-state index is 12.3. The smallest absolute Gasteiger partial charge is 0.282 e. The Balaban J connectivity index is 2.20. The fourth-order valence-corrected chi connectivity index (χ4v) is 3.22. The molecule has 7 heteroatoms. The molecule has 0 radical (unpaired) electrons. The molecule has 1 unspecified atom stereocenters. The van der Waals surface area contributed by atoms with Crippen LogP contribution in [0.15, 0.2) is 18.2 Å². The van der Waals surface area contributed by atoms with Crippen LogP contribution in [0.25, 0.3) is 0 Å². The summed E-state index contributed by atoms with van der Waals surface area (Å²) in [4.78, 5) is 22.7. The van der Waals surface area contributed by atoms with Crippen LogP contribution in [0.2, 0.25) is 0 Å². The molecule has 2 N–H and O–H groups in total. The largest absolute Gasteiger partial charge is 0.388 e. The second kappa shape index (κ2) is 6.60. The molecule has 0 bridgehead atoms. The highest BCUT2D eigenvalue weighted by molar-refractivity contribution is 7.99. The van der Waals surface area contributed by atoms with Crippen molar-refractivity contribution in [3.05, 3.63) is 33.9 Å². The van der Waals surface area contributed by atoms with Crippen molar-refractivity contribution in [2.75, 3.05) is 23.9 Å². The minimum absolute atomic E-state index is 0.0964. The van der Waals surface area contributed by atoms with Gasteiger partial charge in [-0.3, -0.25) is 14.9 Å². The molecule has 0 spiro atoms. The Hall–Kier alpha value is -1.76. The molecule has 20 heavy (non-hydrogen) atoms. The summed E-state index contributed by atoms with van der Waals surface area (Å²) < 4.78 is 0. The number of nitro benzene ring substituents is 1. The van der Waals surface area contributed by atoms with Gasteiger partial charge in [-0.1, -0.05) is 0 Å². The number of hydrogen-bond acceptors (Lipinski definition) is 5. The molecule has 1 aliphatic heterocycles. The SMILES string of the molecule is CNc1ccc([N+](=O)[O-])c(C(=O)NC2CCCSC2)c1. The summed E-state index contributed by atoms with van der Waals surface area (Å²) in [6.07, 6.45) is 1.99. The molecular formula is C13H17N3O3S. The zero-order valence-corrected chi connectivity index (χ0v) is 12.0. The molecular weight excluding hydrogens is 278 g/mol. The van der Waals surface area contributed by atoms with Crippen LogP contribution in [0.1, 0.15) is 23.2 Å². The van der Waals surface area contributed by atoms with Gasteiger partial charge in [0.15, 0.2) is 0 Å². The van der Waals surface area contributed by atoms with Crippen molar-refractivity contribution in [3.63, 3.8) is 0 Å². The zero-order valence-electron chi connectivity index (χ0n) is 11.2. The predicted molar refractivity (Wildman–Crippen MR) is 80.5 cm³/mol. The summed E-state index contributed by atoms with van der Waals surface area (Å²) in [5.41, 5.74) is 0.626. The van der Waals surface area contributed by atoms with Crippen LogP contribution in [0.4, 0.5) is 11.4 Å². The van der Waals surface area contributed by atoms with Crippen molar-refractivity contribution in [3.8, 4) is 0 Å². The van der Waals surface area contributed by atoms with E-state index in [0.717, 1.165) is 24.3 Å². The van der Waals surface area contributed by atoms with E-state index in [1.807, 2.05) is 0 Å². The van der Waals surface area contributed by atoms with E-state index in [1.165, 1.54) is 12.1 Å². The molecule has 1 fully saturated rings. The van der Waals surface area contributed by atoms with Gasteiger partial charge in [0.05, 0.1) is 4.92 Å². The average Bonchev–Trinajstić information content (AvgIpc) is 2.47. The zero-order chi connectivity index (χ0) is 14.5. The van der Waals surface area contributed by atoms with Gasteiger partial charge in [-0.25, -0.2) is 0 Å². The van der Waals surface area contributed by atoms with Gasteiger partial charge >= 0.3 is 0 Å². The highest BCUT2D eigenvalue weighted by atomic mass is 32.2. The Morgan fingerprint density at radius 1 is 1.50 bits per heavy atom. The molecule has 2 rings (SSSR count). The van der Waals surface area contributed by atoms with Gasteiger partial charge < -0.3 is 10.6 Å².